The number of aryl methyl sites for hydroxylation is 1. The zero-order valence-electron chi connectivity index (χ0n) is 13.7. The SMILES string of the molecule is Cc1ccc2cc(-c3ccc(N4CCN(C)CC4)cc3)oc2c1. The molecular weight excluding hydrogens is 284 g/mol. The normalized spacial score (nSPS) is 16.2. The van der Waals surface area contributed by atoms with Gasteiger partial charge in [-0.3, -0.25) is 0 Å². The fraction of sp³-hybridized carbons (Fsp3) is 0.300. The average Bonchev–Trinajstić information content (AvgIpc) is 2.99. The summed E-state index contributed by atoms with van der Waals surface area (Å²) in [5, 5.41) is 1.16. The molecule has 0 unspecified atom stereocenters. The van der Waals surface area contributed by atoms with Crippen LogP contribution in [0.3, 0.4) is 0 Å². The van der Waals surface area contributed by atoms with Crippen molar-refractivity contribution in [3.8, 4) is 11.3 Å². The molecule has 0 atom stereocenters. The number of likely N-dealkylation sites (N-methyl/N-ethyl adjacent to an activating group) is 1. The second-order valence-corrected chi connectivity index (χ2v) is 6.49. The Morgan fingerprint density at radius 2 is 1.61 bits per heavy atom. The molecule has 0 N–H and O–H groups in total. The van der Waals surface area contributed by atoms with Crippen LogP contribution in [0.5, 0.6) is 0 Å². The summed E-state index contributed by atoms with van der Waals surface area (Å²) in [7, 11) is 2.18. The molecule has 1 aromatic heterocycles. The number of benzene rings is 2. The summed E-state index contributed by atoms with van der Waals surface area (Å²) in [6, 6.07) is 17.2. The zero-order chi connectivity index (χ0) is 15.8. The standard InChI is InChI=1S/C20H22N2O/c1-15-3-4-17-14-20(23-19(17)13-15)16-5-7-18(8-6-16)22-11-9-21(2)10-12-22/h3-8,13-14H,9-12H2,1-2H3. The molecule has 23 heavy (non-hydrogen) atoms. The highest BCUT2D eigenvalue weighted by Crippen LogP contribution is 2.30. The lowest BCUT2D eigenvalue weighted by molar-refractivity contribution is 0.313. The maximum atomic E-state index is 6.01. The molecule has 0 radical (unpaired) electrons. The van der Waals surface area contributed by atoms with E-state index in [2.05, 4.69) is 72.3 Å². The first-order chi connectivity index (χ1) is 11.2. The lowest BCUT2D eigenvalue weighted by atomic mass is 10.1. The molecule has 0 spiro atoms. The smallest absolute Gasteiger partial charge is 0.135 e. The van der Waals surface area contributed by atoms with E-state index in [0.29, 0.717) is 0 Å². The lowest BCUT2D eigenvalue weighted by Gasteiger charge is -2.34. The van der Waals surface area contributed by atoms with E-state index in [1.54, 1.807) is 0 Å². The molecule has 1 saturated heterocycles. The second-order valence-electron chi connectivity index (χ2n) is 6.49. The van der Waals surface area contributed by atoms with Gasteiger partial charge in [0.2, 0.25) is 0 Å². The third kappa shape index (κ3) is 2.84. The minimum atomic E-state index is 0.940. The van der Waals surface area contributed by atoms with Gasteiger partial charge in [-0.25, -0.2) is 0 Å². The van der Waals surface area contributed by atoms with Gasteiger partial charge >= 0.3 is 0 Å². The Kier molecular flexibility index (Phi) is 3.58. The van der Waals surface area contributed by atoms with Gasteiger partial charge in [0.05, 0.1) is 0 Å². The van der Waals surface area contributed by atoms with Crippen molar-refractivity contribution in [1.29, 1.82) is 0 Å². The molecule has 1 aliphatic heterocycles. The fourth-order valence-corrected chi connectivity index (χ4v) is 3.18. The van der Waals surface area contributed by atoms with E-state index in [9.17, 15) is 0 Å². The van der Waals surface area contributed by atoms with E-state index in [-0.39, 0.29) is 0 Å². The highest BCUT2D eigenvalue weighted by Gasteiger charge is 2.14. The molecule has 1 aliphatic rings. The molecule has 118 valence electrons. The quantitative estimate of drug-likeness (QED) is 0.709. The van der Waals surface area contributed by atoms with Crippen LogP contribution in [0.25, 0.3) is 22.3 Å². The van der Waals surface area contributed by atoms with Crippen LogP contribution in [-0.2, 0) is 0 Å². The van der Waals surface area contributed by atoms with Crippen LogP contribution < -0.4 is 4.90 Å². The average molecular weight is 306 g/mol. The van der Waals surface area contributed by atoms with Gasteiger partial charge in [0, 0.05) is 42.8 Å². The summed E-state index contributed by atoms with van der Waals surface area (Å²) in [5.41, 5.74) is 4.62. The van der Waals surface area contributed by atoms with Gasteiger partial charge in [-0.1, -0.05) is 12.1 Å². The maximum absolute atomic E-state index is 6.01. The number of nitrogens with zero attached hydrogens (tertiary/aromatic N) is 2. The number of anilines is 1. The molecule has 4 rings (SSSR count). The molecule has 0 bridgehead atoms. The lowest BCUT2D eigenvalue weighted by Crippen LogP contribution is -2.44. The Bertz CT molecular complexity index is 811. The Morgan fingerprint density at radius 1 is 0.870 bits per heavy atom. The van der Waals surface area contributed by atoms with Gasteiger partial charge in [-0.05, 0) is 55.9 Å². The summed E-state index contributed by atoms with van der Waals surface area (Å²) in [6.45, 7) is 6.54. The van der Waals surface area contributed by atoms with Crippen molar-refractivity contribution in [2.75, 3.05) is 38.1 Å². The first-order valence-electron chi connectivity index (χ1n) is 8.23. The first-order valence-corrected chi connectivity index (χ1v) is 8.23. The summed E-state index contributed by atoms with van der Waals surface area (Å²) in [4.78, 5) is 4.83. The molecule has 3 aromatic rings. The minimum Gasteiger partial charge on any atom is -0.456 e. The van der Waals surface area contributed by atoms with Crippen molar-refractivity contribution >= 4 is 16.7 Å². The Hall–Kier alpha value is -2.26. The van der Waals surface area contributed by atoms with Gasteiger partial charge in [0.15, 0.2) is 0 Å². The molecule has 2 heterocycles. The van der Waals surface area contributed by atoms with Crippen molar-refractivity contribution in [1.82, 2.24) is 4.90 Å². The number of hydrogen-bond donors (Lipinski definition) is 0. The topological polar surface area (TPSA) is 19.6 Å². The first kappa shape index (κ1) is 14.3. The number of fused-ring (bicyclic) bond motifs is 1. The summed E-state index contributed by atoms with van der Waals surface area (Å²) in [6.07, 6.45) is 0. The number of hydrogen-bond acceptors (Lipinski definition) is 3. The highest BCUT2D eigenvalue weighted by molar-refractivity contribution is 5.83. The van der Waals surface area contributed by atoms with Crippen LogP contribution in [0.4, 0.5) is 5.69 Å². The fourth-order valence-electron chi connectivity index (χ4n) is 3.18. The van der Waals surface area contributed by atoms with Crippen LogP contribution in [0, 0.1) is 6.92 Å². The molecule has 0 saturated carbocycles. The monoisotopic (exact) mass is 306 g/mol. The third-order valence-corrected chi connectivity index (χ3v) is 4.70. The summed E-state index contributed by atoms with van der Waals surface area (Å²) in [5.74, 6) is 0.940. The number of furan rings is 1. The van der Waals surface area contributed by atoms with Crippen LogP contribution in [-0.4, -0.2) is 38.1 Å². The molecule has 0 aliphatic carbocycles. The van der Waals surface area contributed by atoms with Gasteiger partial charge < -0.3 is 14.2 Å². The van der Waals surface area contributed by atoms with E-state index in [4.69, 9.17) is 4.42 Å². The van der Waals surface area contributed by atoms with E-state index >= 15 is 0 Å². The summed E-state index contributed by atoms with van der Waals surface area (Å²) >= 11 is 0. The van der Waals surface area contributed by atoms with Crippen LogP contribution in [0.2, 0.25) is 0 Å². The van der Waals surface area contributed by atoms with Crippen molar-refractivity contribution in [2.24, 2.45) is 0 Å². The van der Waals surface area contributed by atoms with Crippen LogP contribution in [0.1, 0.15) is 5.56 Å². The van der Waals surface area contributed by atoms with Crippen molar-refractivity contribution in [3.63, 3.8) is 0 Å². The Balaban J connectivity index is 1.59. The van der Waals surface area contributed by atoms with Gasteiger partial charge in [0.25, 0.3) is 0 Å². The van der Waals surface area contributed by atoms with Crippen molar-refractivity contribution in [3.05, 3.63) is 54.1 Å². The Labute approximate surface area is 137 Å². The minimum absolute atomic E-state index is 0.940. The molecule has 1 fully saturated rings. The van der Waals surface area contributed by atoms with Gasteiger partial charge in [-0.15, -0.1) is 0 Å². The molecule has 3 heteroatoms. The maximum Gasteiger partial charge on any atom is 0.135 e. The summed E-state index contributed by atoms with van der Waals surface area (Å²) < 4.78 is 6.01. The van der Waals surface area contributed by atoms with E-state index < -0.39 is 0 Å². The van der Waals surface area contributed by atoms with E-state index in [0.717, 1.165) is 48.5 Å². The molecule has 3 nitrogen and oxygen atoms in total. The van der Waals surface area contributed by atoms with Crippen LogP contribution >= 0.6 is 0 Å². The van der Waals surface area contributed by atoms with Crippen LogP contribution in [0.15, 0.2) is 52.9 Å². The van der Waals surface area contributed by atoms with Crippen molar-refractivity contribution < 1.29 is 4.42 Å². The predicted molar refractivity (Wildman–Crippen MR) is 96.1 cm³/mol. The van der Waals surface area contributed by atoms with Crippen molar-refractivity contribution in [2.45, 2.75) is 6.92 Å². The van der Waals surface area contributed by atoms with Gasteiger partial charge in [-0.2, -0.15) is 0 Å². The molecule has 0 amide bonds. The predicted octanol–water partition coefficient (Wildman–Crippen LogP) is 4.16. The zero-order valence-corrected chi connectivity index (χ0v) is 13.7. The molecule has 2 aromatic carbocycles. The van der Waals surface area contributed by atoms with E-state index in [1.807, 2.05) is 0 Å². The highest BCUT2D eigenvalue weighted by atomic mass is 16.3. The number of rotatable bonds is 2. The molecular formula is C20H22N2O. The number of piperazine rings is 1. The Morgan fingerprint density at radius 3 is 2.35 bits per heavy atom. The van der Waals surface area contributed by atoms with Gasteiger partial charge in [0.1, 0.15) is 11.3 Å². The third-order valence-electron chi connectivity index (χ3n) is 4.70. The second kappa shape index (κ2) is 5.74. The largest absolute Gasteiger partial charge is 0.456 e. The van der Waals surface area contributed by atoms with E-state index in [1.165, 1.54) is 11.3 Å².